The molecule has 3 N–H and O–H groups in total. The van der Waals surface area contributed by atoms with Gasteiger partial charge in [-0.3, -0.25) is 10.4 Å². The maximum absolute atomic E-state index is 14.3. The molecule has 314 valence electrons. The summed E-state index contributed by atoms with van der Waals surface area (Å²) < 4.78 is 44.9. The van der Waals surface area contributed by atoms with Crippen LogP contribution in [-0.4, -0.2) is 75.5 Å². The smallest absolute Gasteiger partial charge is 0.345 e. The molecule has 0 fully saturated rings. The van der Waals surface area contributed by atoms with Crippen molar-refractivity contribution in [2.45, 2.75) is 44.6 Å². The van der Waals surface area contributed by atoms with Crippen LogP contribution < -0.4 is 24.4 Å². The summed E-state index contributed by atoms with van der Waals surface area (Å²) in [6, 6.07) is 19.8. The van der Waals surface area contributed by atoms with E-state index in [-0.39, 0.29) is 47.0 Å². The van der Waals surface area contributed by atoms with E-state index < -0.39 is 36.1 Å². The number of nitrogens with one attached hydrogen (secondary N) is 1. The van der Waals surface area contributed by atoms with Crippen LogP contribution in [0.15, 0.2) is 95.6 Å². The Balaban J connectivity index is 1.25. The van der Waals surface area contributed by atoms with Gasteiger partial charge in [-0.1, -0.05) is 59.1 Å². The normalized spacial score (nSPS) is 18.4. The van der Waals surface area contributed by atoms with E-state index in [9.17, 15) is 19.4 Å². The molecule has 17 heteroatoms. The van der Waals surface area contributed by atoms with Gasteiger partial charge in [0.15, 0.2) is 23.2 Å². The summed E-state index contributed by atoms with van der Waals surface area (Å²) in [7, 11) is 1.57. The van der Waals surface area contributed by atoms with Gasteiger partial charge in [-0.25, -0.2) is 24.1 Å². The predicted molar refractivity (Wildman–Crippen MR) is 227 cm³/mol. The molecular weight excluding hydrogens is 852 g/mol. The predicted octanol–water partition coefficient (Wildman–Crippen LogP) is 8.15. The Kier molecular flexibility index (Phi) is 12.0. The van der Waals surface area contributed by atoms with E-state index >= 15 is 0 Å². The molecule has 0 spiro atoms. The number of methoxy groups -OCH3 is 1. The van der Waals surface area contributed by atoms with Crippen LogP contribution in [0.3, 0.4) is 0 Å². The van der Waals surface area contributed by atoms with Crippen molar-refractivity contribution in [3.05, 3.63) is 140 Å². The second-order valence-electron chi connectivity index (χ2n) is 14.1. The molecule has 4 aliphatic rings. The second-order valence-corrected chi connectivity index (χ2v) is 15.3. The van der Waals surface area contributed by atoms with Gasteiger partial charge in [-0.2, -0.15) is 0 Å². The number of allylic oxidation sites excluding steroid dienone is 1. The highest BCUT2D eigenvalue weighted by atomic mass is 35.5. The van der Waals surface area contributed by atoms with E-state index in [0.717, 1.165) is 0 Å². The maximum atomic E-state index is 14.3. The Bertz CT molecular complexity index is 2600. The molecule has 0 aliphatic carbocycles. The molecule has 0 saturated carbocycles. The summed E-state index contributed by atoms with van der Waals surface area (Å²) in [6.07, 6.45) is 0.240. The number of alkyl halides is 1. The molecule has 5 aromatic rings. The number of carboxylic acid groups (broad SMARTS) is 1. The fourth-order valence-corrected chi connectivity index (χ4v) is 8.26. The number of carbonyl (C=O) groups is 1. The molecule has 4 bridgehead atoms. The van der Waals surface area contributed by atoms with Gasteiger partial charge in [-0.15, -0.1) is 0 Å². The molecule has 0 amide bonds. The molecule has 4 aromatic carbocycles. The molecule has 5 heterocycles. The van der Waals surface area contributed by atoms with Gasteiger partial charge in [-0.05, 0) is 84.6 Å². The van der Waals surface area contributed by atoms with E-state index in [1.807, 2.05) is 24.3 Å². The van der Waals surface area contributed by atoms with Crippen molar-refractivity contribution in [3.8, 4) is 34.4 Å². The van der Waals surface area contributed by atoms with E-state index in [1.54, 1.807) is 68.6 Å². The number of fused-ring (bicyclic) bond motifs is 7. The number of hydrazine groups is 1. The first kappa shape index (κ1) is 41.7. The summed E-state index contributed by atoms with van der Waals surface area (Å²) in [5.74, 6) is -0.0409. The van der Waals surface area contributed by atoms with Gasteiger partial charge >= 0.3 is 5.97 Å². The lowest BCUT2D eigenvalue weighted by atomic mass is 9.89. The third-order valence-electron chi connectivity index (χ3n) is 10.3. The molecule has 1 unspecified atom stereocenters. The largest absolute Gasteiger partial charge is 0.496 e. The van der Waals surface area contributed by atoms with Crippen LogP contribution in [0.4, 0.5) is 4.39 Å². The van der Waals surface area contributed by atoms with Crippen molar-refractivity contribution < 1.29 is 43.1 Å². The number of aromatic nitrogens is 2. The quantitative estimate of drug-likeness (QED) is 0.102. The number of hydrogen-bond donors (Lipinski definition) is 3. The number of nitrogens with zero attached hydrogens (tertiary/aromatic N) is 4. The number of rotatable bonds is 8. The number of benzene rings is 4. The Labute approximate surface area is 364 Å². The zero-order chi connectivity index (χ0) is 42.9. The van der Waals surface area contributed by atoms with Gasteiger partial charge in [0.25, 0.3) is 0 Å². The van der Waals surface area contributed by atoms with Crippen molar-refractivity contribution in [1.29, 1.82) is 0 Å². The van der Waals surface area contributed by atoms with E-state index in [4.69, 9.17) is 63.5 Å². The summed E-state index contributed by atoms with van der Waals surface area (Å²) in [5.41, 5.74) is 7.11. The lowest BCUT2D eigenvalue weighted by Gasteiger charge is -2.30. The first-order valence-electron chi connectivity index (χ1n) is 18.9. The van der Waals surface area contributed by atoms with Crippen LogP contribution in [0.25, 0.3) is 22.5 Å². The van der Waals surface area contributed by atoms with Crippen LogP contribution in [0, 0.1) is 19.7 Å². The van der Waals surface area contributed by atoms with Crippen molar-refractivity contribution in [2.75, 3.05) is 20.3 Å². The number of hydrogen-bond acceptors (Lipinski definition) is 12. The number of aliphatic hydroxyl groups is 1. The highest BCUT2D eigenvalue weighted by molar-refractivity contribution is 6.39. The average molecular weight is 889 g/mol. The maximum Gasteiger partial charge on any atom is 0.345 e. The first-order chi connectivity index (χ1) is 29.5. The average Bonchev–Trinajstić information content (AvgIpc) is 3.56. The fourth-order valence-electron chi connectivity index (χ4n) is 7.35. The lowest BCUT2D eigenvalue weighted by molar-refractivity contribution is -0.147. The van der Waals surface area contributed by atoms with Crippen molar-refractivity contribution in [2.24, 2.45) is 4.99 Å². The minimum Gasteiger partial charge on any atom is -0.496 e. The number of carboxylic acids is 1. The third-order valence-corrected chi connectivity index (χ3v) is 11.7. The van der Waals surface area contributed by atoms with E-state index in [2.05, 4.69) is 15.4 Å². The summed E-state index contributed by atoms with van der Waals surface area (Å²) >= 11 is 21.4. The Hall–Kier alpha value is -6.06. The Morgan fingerprint density at radius 3 is 2.49 bits per heavy atom. The SMILES string of the molecule is COc1ccccc1-c1nccc(COc2ccc3cc2C[C@H](C(=O)O)OC2=C4C(=C(c5ccc(F)cc5)C(Cl)N4NC=N2)c2c(C)c(Cl)c(c(Cl)c2C)O[C@H](CO)CO3)n1. The van der Waals surface area contributed by atoms with Crippen LogP contribution >= 0.6 is 34.8 Å². The highest BCUT2D eigenvalue weighted by Crippen LogP contribution is 2.53. The van der Waals surface area contributed by atoms with Crippen LogP contribution in [0.2, 0.25) is 10.0 Å². The highest BCUT2D eigenvalue weighted by Gasteiger charge is 2.43. The molecular formula is C44H37Cl3FN5O8. The molecule has 1 aromatic heterocycles. The zero-order valence-electron chi connectivity index (χ0n) is 32.8. The number of aliphatic imine (C=N–C) groups is 1. The molecule has 4 aliphatic heterocycles. The number of ether oxygens (including phenoxy) is 5. The van der Waals surface area contributed by atoms with Crippen LogP contribution in [0.1, 0.15) is 33.5 Å². The van der Waals surface area contributed by atoms with Crippen molar-refractivity contribution >= 4 is 58.3 Å². The molecule has 9 rings (SSSR count). The van der Waals surface area contributed by atoms with Gasteiger partial charge in [0.1, 0.15) is 48.3 Å². The summed E-state index contributed by atoms with van der Waals surface area (Å²) in [4.78, 5) is 26.8. The summed E-state index contributed by atoms with van der Waals surface area (Å²) in [5, 5.41) is 23.0. The number of aliphatic carboxylic acids is 1. The van der Waals surface area contributed by atoms with E-state index in [1.165, 1.54) is 18.5 Å². The van der Waals surface area contributed by atoms with Crippen LogP contribution in [0.5, 0.6) is 23.0 Å². The minimum atomic E-state index is -1.54. The van der Waals surface area contributed by atoms with Gasteiger partial charge in [0, 0.05) is 29.3 Å². The molecule has 0 radical (unpaired) electrons. The number of para-hydroxylation sites is 1. The van der Waals surface area contributed by atoms with E-state index in [0.29, 0.717) is 73.3 Å². The van der Waals surface area contributed by atoms with Crippen molar-refractivity contribution in [3.63, 3.8) is 0 Å². The standard InChI is InChI=1S/C44H37Cl3FN5O8/c1-22-34-23(2)38(46)40(37(22)45)60-29(18-54)20-58-28-12-13-31(59-19-27-14-15-49-42(52-27)30-6-4-5-7-32(30)57-3)25(16-28)17-33(44(55)56)61-43-39-36(34)35(24-8-10-26(48)11-9-24)41(47)53(39)51-21-50-43/h4-16,21,29,33,41,54H,17-20H2,1-3H3,(H,50,51)(H,55,56)/t29-,33-,41?/m1/s1. The second kappa shape index (κ2) is 17.5. The van der Waals surface area contributed by atoms with Crippen LogP contribution in [-0.2, 0) is 22.6 Å². The zero-order valence-corrected chi connectivity index (χ0v) is 35.1. The third kappa shape index (κ3) is 8.11. The Morgan fingerprint density at radius 1 is 1.02 bits per heavy atom. The summed E-state index contributed by atoms with van der Waals surface area (Å²) in [6.45, 7) is 2.91. The lowest BCUT2D eigenvalue weighted by Crippen LogP contribution is -2.42. The molecule has 61 heavy (non-hydrogen) atoms. The Morgan fingerprint density at radius 2 is 1.77 bits per heavy atom. The molecule has 13 nitrogen and oxygen atoms in total. The van der Waals surface area contributed by atoms with Gasteiger partial charge < -0.3 is 33.9 Å². The number of halogens is 4. The first-order valence-corrected chi connectivity index (χ1v) is 20.1. The minimum absolute atomic E-state index is 0.00795. The fraction of sp³-hybridized carbons (Fsp3) is 0.227. The monoisotopic (exact) mass is 887 g/mol. The number of aliphatic hydroxyl groups excluding tert-OH is 1. The van der Waals surface area contributed by atoms with Gasteiger partial charge in [0.2, 0.25) is 12.0 Å². The molecule has 0 saturated heterocycles. The topological polar surface area (TPSA) is 157 Å². The van der Waals surface area contributed by atoms with Gasteiger partial charge in [0.05, 0.1) is 35.0 Å². The molecule has 3 atom stereocenters. The van der Waals surface area contributed by atoms with Crippen molar-refractivity contribution in [1.82, 2.24) is 20.4 Å².